The molecule has 1 aromatic heterocycles. The molecule has 29 heavy (non-hydrogen) atoms. The van der Waals surface area contributed by atoms with Crippen LogP contribution >= 0.6 is 0 Å². The Morgan fingerprint density at radius 3 is 2.59 bits per heavy atom. The predicted octanol–water partition coefficient (Wildman–Crippen LogP) is 5.86. The minimum atomic E-state index is -0.919. The molecule has 1 aliphatic rings. The van der Waals surface area contributed by atoms with Crippen molar-refractivity contribution in [2.24, 2.45) is 0 Å². The summed E-state index contributed by atoms with van der Waals surface area (Å²) in [7, 11) is 0. The Labute approximate surface area is 171 Å². The van der Waals surface area contributed by atoms with Gasteiger partial charge in [-0.2, -0.15) is 0 Å². The summed E-state index contributed by atoms with van der Waals surface area (Å²) in [5.41, 5.74) is 3.90. The monoisotopic (exact) mass is 389 g/mol. The summed E-state index contributed by atoms with van der Waals surface area (Å²) in [4.78, 5) is 20.6. The highest BCUT2D eigenvalue weighted by Crippen LogP contribution is 2.34. The molecular formula is C24H27N3O2. The third-order valence-corrected chi connectivity index (χ3v) is 5.75. The van der Waals surface area contributed by atoms with Crippen LogP contribution in [0.3, 0.4) is 0 Å². The molecule has 1 N–H and O–H groups in total. The normalized spacial score (nSPS) is 16.9. The van der Waals surface area contributed by atoms with Crippen LogP contribution in [0, 0.1) is 0 Å². The second-order valence-corrected chi connectivity index (χ2v) is 7.92. The van der Waals surface area contributed by atoms with E-state index in [1.54, 1.807) is 0 Å². The molecule has 3 aromatic rings. The molecule has 0 radical (unpaired) electrons. The lowest BCUT2D eigenvalue weighted by atomic mass is 10.0. The van der Waals surface area contributed by atoms with E-state index >= 15 is 0 Å². The molecule has 1 aliphatic heterocycles. The number of nitrogens with zero attached hydrogens (tertiary/aromatic N) is 3. The van der Waals surface area contributed by atoms with Crippen LogP contribution < -0.4 is 9.80 Å². The minimum absolute atomic E-state index is 0.239. The Hall–Kier alpha value is -3.08. The van der Waals surface area contributed by atoms with Gasteiger partial charge in [-0.15, -0.1) is 0 Å². The van der Waals surface area contributed by atoms with Gasteiger partial charge in [-0.3, -0.25) is 9.88 Å². The van der Waals surface area contributed by atoms with Gasteiger partial charge in [0.1, 0.15) is 6.17 Å². The van der Waals surface area contributed by atoms with Gasteiger partial charge in [0.25, 0.3) is 0 Å². The molecule has 1 atom stereocenters. The van der Waals surface area contributed by atoms with Crippen LogP contribution in [-0.4, -0.2) is 28.9 Å². The summed E-state index contributed by atoms with van der Waals surface area (Å²) in [5.74, 6) is 0.414. The number of carboxylic acid groups (broad SMARTS) is 1. The molecule has 4 rings (SSSR count). The van der Waals surface area contributed by atoms with Gasteiger partial charge in [-0.05, 0) is 55.0 Å². The summed E-state index contributed by atoms with van der Waals surface area (Å²) in [5, 5.41) is 11.2. The highest BCUT2D eigenvalue weighted by Gasteiger charge is 2.33. The van der Waals surface area contributed by atoms with Crippen LogP contribution in [0.4, 0.5) is 16.2 Å². The largest absolute Gasteiger partial charge is 0.465 e. The van der Waals surface area contributed by atoms with Crippen LogP contribution in [-0.2, 0) is 0 Å². The molecule has 5 nitrogen and oxygen atoms in total. The second-order valence-electron chi connectivity index (χ2n) is 7.92. The summed E-state index contributed by atoms with van der Waals surface area (Å²) in [6.07, 6.45) is 3.51. The number of aromatic nitrogens is 1. The minimum Gasteiger partial charge on any atom is -0.465 e. The topological polar surface area (TPSA) is 56.7 Å². The summed E-state index contributed by atoms with van der Waals surface area (Å²) >= 11 is 0. The Kier molecular flexibility index (Phi) is 5.38. The van der Waals surface area contributed by atoms with E-state index in [1.807, 2.05) is 54.7 Å². The molecular weight excluding hydrogens is 362 g/mol. The zero-order valence-corrected chi connectivity index (χ0v) is 17.0. The van der Waals surface area contributed by atoms with Crippen molar-refractivity contribution < 1.29 is 9.90 Å². The number of rotatable bonds is 4. The zero-order valence-electron chi connectivity index (χ0n) is 17.0. The van der Waals surface area contributed by atoms with E-state index in [9.17, 15) is 9.90 Å². The lowest BCUT2D eigenvalue weighted by molar-refractivity contribution is 0.197. The first-order valence-electron chi connectivity index (χ1n) is 10.3. The number of hydrogen-bond acceptors (Lipinski definition) is 3. The van der Waals surface area contributed by atoms with Gasteiger partial charge in [-0.1, -0.05) is 44.2 Å². The number of piperidine rings is 1. The first kappa shape index (κ1) is 19.2. The lowest BCUT2D eigenvalue weighted by Crippen LogP contribution is -2.53. The Morgan fingerprint density at radius 1 is 1.10 bits per heavy atom. The number of anilines is 2. The highest BCUT2D eigenvalue weighted by molar-refractivity contribution is 5.93. The van der Waals surface area contributed by atoms with Gasteiger partial charge in [0.05, 0.1) is 5.52 Å². The number of amides is 1. The fraction of sp³-hybridized carbons (Fsp3) is 0.333. The van der Waals surface area contributed by atoms with Crippen molar-refractivity contribution in [1.82, 2.24) is 4.98 Å². The molecule has 0 aliphatic carbocycles. The molecule has 0 saturated carbocycles. The molecule has 5 heteroatoms. The molecule has 1 saturated heterocycles. The van der Waals surface area contributed by atoms with Crippen LogP contribution in [0.25, 0.3) is 10.9 Å². The van der Waals surface area contributed by atoms with E-state index in [0.717, 1.165) is 48.1 Å². The van der Waals surface area contributed by atoms with Crippen molar-refractivity contribution >= 4 is 28.4 Å². The first-order chi connectivity index (χ1) is 14.1. The smallest absolute Gasteiger partial charge is 0.413 e. The zero-order chi connectivity index (χ0) is 20.4. The summed E-state index contributed by atoms with van der Waals surface area (Å²) in [6.45, 7) is 5.11. The highest BCUT2D eigenvalue weighted by atomic mass is 16.4. The van der Waals surface area contributed by atoms with Gasteiger partial charge in [-0.25, -0.2) is 4.79 Å². The third-order valence-electron chi connectivity index (χ3n) is 5.75. The number of para-hydroxylation sites is 1. The number of pyridine rings is 1. The fourth-order valence-corrected chi connectivity index (χ4v) is 4.22. The van der Waals surface area contributed by atoms with Crippen molar-refractivity contribution in [3.63, 3.8) is 0 Å². The predicted molar refractivity (Wildman–Crippen MR) is 118 cm³/mol. The van der Waals surface area contributed by atoms with E-state index in [-0.39, 0.29) is 6.17 Å². The molecule has 2 aromatic carbocycles. The SMILES string of the molecule is CC(C)c1ccc(N(C(=O)O)C2CCCCN2c2ccnc3ccccc23)cc1. The molecule has 1 unspecified atom stereocenters. The fourth-order valence-electron chi connectivity index (χ4n) is 4.22. The van der Waals surface area contributed by atoms with Gasteiger partial charge in [0.2, 0.25) is 0 Å². The number of benzene rings is 2. The van der Waals surface area contributed by atoms with Crippen molar-refractivity contribution in [3.05, 3.63) is 66.4 Å². The van der Waals surface area contributed by atoms with Crippen LogP contribution in [0.1, 0.15) is 44.6 Å². The number of hydrogen-bond donors (Lipinski definition) is 1. The summed E-state index contributed by atoms with van der Waals surface area (Å²) in [6, 6.07) is 18.0. The Balaban J connectivity index is 1.75. The van der Waals surface area contributed by atoms with Gasteiger partial charge < -0.3 is 10.0 Å². The number of fused-ring (bicyclic) bond motifs is 1. The maximum absolute atomic E-state index is 12.3. The average molecular weight is 389 g/mol. The van der Waals surface area contributed by atoms with Crippen LogP contribution in [0.2, 0.25) is 0 Å². The van der Waals surface area contributed by atoms with Crippen LogP contribution in [0.15, 0.2) is 60.8 Å². The van der Waals surface area contributed by atoms with E-state index in [2.05, 4.69) is 29.8 Å². The van der Waals surface area contributed by atoms with E-state index < -0.39 is 6.09 Å². The van der Waals surface area contributed by atoms with Crippen molar-refractivity contribution in [2.75, 3.05) is 16.3 Å². The molecule has 0 bridgehead atoms. The first-order valence-corrected chi connectivity index (χ1v) is 10.3. The molecule has 1 amide bonds. The maximum atomic E-state index is 12.3. The molecule has 1 fully saturated rings. The third kappa shape index (κ3) is 3.77. The van der Waals surface area contributed by atoms with Gasteiger partial charge in [0, 0.05) is 29.5 Å². The molecule has 150 valence electrons. The van der Waals surface area contributed by atoms with Gasteiger partial charge in [0.15, 0.2) is 0 Å². The van der Waals surface area contributed by atoms with Crippen LogP contribution in [0.5, 0.6) is 0 Å². The van der Waals surface area contributed by atoms with E-state index in [1.165, 1.54) is 10.5 Å². The van der Waals surface area contributed by atoms with Crippen molar-refractivity contribution in [1.29, 1.82) is 0 Å². The lowest BCUT2D eigenvalue weighted by Gasteiger charge is -2.43. The van der Waals surface area contributed by atoms with Gasteiger partial charge >= 0.3 is 6.09 Å². The van der Waals surface area contributed by atoms with Crippen molar-refractivity contribution in [3.8, 4) is 0 Å². The molecule has 2 heterocycles. The Morgan fingerprint density at radius 2 is 1.86 bits per heavy atom. The Bertz CT molecular complexity index is 995. The average Bonchev–Trinajstić information content (AvgIpc) is 2.74. The van der Waals surface area contributed by atoms with E-state index in [4.69, 9.17) is 0 Å². The van der Waals surface area contributed by atoms with Crippen molar-refractivity contribution in [2.45, 2.75) is 45.2 Å². The maximum Gasteiger partial charge on any atom is 0.413 e. The summed E-state index contributed by atoms with van der Waals surface area (Å²) < 4.78 is 0. The quantitative estimate of drug-likeness (QED) is 0.607. The second kappa shape index (κ2) is 8.11. The number of carbonyl (C=O) groups is 1. The van der Waals surface area contributed by atoms with E-state index in [0.29, 0.717) is 5.92 Å². The standard InChI is InChI=1S/C24H27N3O2/c1-17(2)18-10-12-19(13-11-18)27(24(28)29)23-9-5-6-16-26(23)22-14-15-25-21-8-4-3-7-20(21)22/h3-4,7-8,10-15,17,23H,5-6,9,16H2,1-2H3,(H,28,29). The molecule has 0 spiro atoms.